The smallest absolute Gasteiger partial charge is 0.306 e. The summed E-state index contributed by atoms with van der Waals surface area (Å²) in [6, 6.07) is 0. The molecule has 13 heteroatoms. The highest BCUT2D eigenvalue weighted by Crippen LogP contribution is 2.24. The molecule has 1 aliphatic rings. The summed E-state index contributed by atoms with van der Waals surface area (Å²) in [6.45, 7) is 3.61. The number of carbonyl (C=O) groups excluding carboxylic acids is 2. The fourth-order valence-electron chi connectivity index (χ4n) is 6.67. The van der Waals surface area contributed by atoms with Crippen LogP contribution in [0, 0.1) is 0 Å². The molecular weight excluding hydrogens is 777 g/mol. The molecule has 0 aromatic carbocycles. The number of ether oxygens (including phenoxy) is 4. The second-order valence-corrected chi connectivity index (χ2v) is 17.2. The van der Waals surface area contributed by atoms with Crippen molar-refractivity contribution in [2.24, 2.45) is 0 Å². The third-order valence-corrected chi connectivity index (χ3v) is 10.9. The van der Waals surface area contributed by atoms with Crippen LogP contribution >= 0.6 is 0 Å². The van der Waals surface area contributed by atoms with Crippen molar-refractivity contribution < 1.29 is 56.8 Å². The SMILES string of the molecule is CC/C=C/C/C=C/C/C=C/C/C=C/CCCCC(=O)O[C@H](COC(=O)CCCCCCCCCCCCCCCCCC)CO[C@H]1O[C@H](CS(=O)(=O)O)[C@@H](O)C(O)C1O. The van der Waals surface area contributed by atoms with Crippen molar-refractivity contribution in [2.45, 2.75) is 211 Å². The molecule has 1 aliphatic heterocycles. The summed E-state index contributed by atoms with van der Waals surface area (Å²) in [5.74, 6) is -2.04. The van der Waals surface area contributed by atoms with E-state index in [1.807, 2.05) is 0 Å². The summed E-state index contributed by atoms with van der Waals surface area (Å²) < 4.78 is 54.0. The average Bonchev–Trinajstić information content (AvgIpc) is 3.20. The minimum absolute atomic E-state index is 0.112. The van der Waals surface area contributed by atoms with Gasteiger partial charge in [0.25, 0.3) is 10.1 Å². The molecule has 1 rings (SSSR count). The summed E-state index contributed by atoms with van der Waals surface area (Å²) in [5.41, 5.74) is 0. The Bertz CT molecular complexity index is 1280. The monoisotopic (exact) mass is 857 g/mol. The average molecular weight is 857 g/mol. The first kappa shape index (κ1) is 54.6. The Morgan fingerprint density at radius 2 is 1.07 bits per heavy atom. The maximum Gasteiger partial charge on any atom is 0.306 e. The molecule has 4 N–H and O–H groups in total. The number of hydrogen-bond acceptors (Lipinski definition) is 11. The molecule has 0 aliphatic carbocycles. The normalized spacial score (nSPS) is 20.7. The lowest BCUT2D eigenvalue weighted by Gasteiger charge is -2.40. The van der Waals surface area contributed by atoms with Crippen molar-refractivity contribution in [3.05, 3.63) is 48.6 Å². The first-order valence-electron chi connectivity index (χ1n) is 22.7. The Morgan fingerprint density at radius 3 is 1.59 bits per heavy atom. The zero-order chi connectivity index (χ0) is 43.4. The molecule has 12 nitrogen and oxygen atoms in total. The van der Waals surface area contributed by atoms with E-state index in [2.05, 4.69) is 62.5 Å². The van der Waals surface area contributed by atoms with Gasteiger partial charge in [-0.05, 0) is 51.4 Å². The number of rotatable bonds is 37. The molecular formula is C46H80O12S. The van der Waals surface area contributed by atoms with Crippen LogP contribution in [-0.4, -0.2) is 96.0 Å². The van der Waals surface area contributed by atoms with Crippen LogP contribution in [0.15, 0.2) is 48.6 Å². The van der Waals surface area contributed by atoms with E-state index in [0.717, 1.165) is 57.8 Å². The van der Waals surface area contributed by atoms with Crippen molar-refractivity contribution in [3.8, 4) is 0 Å². The molecule has 342 valence electrons. The molecule has 0 bridgehead atoms. The van der Waals surface area contributed by atoms with Crippen molar-refractivity contribution in [1.82, 2.24) is 0 Å². The fourth-order valence-corrected chi connectivity index (χ4v) is 7.36. The molecule has 0 radical (unpaired) electrons. The first-order chi connectivity index (χ1) is 28.5. The van der Waals surface area contributed by atoms with Crippen LogP contribution in [0.3, 0.4) is 0 Å². The highest BCUT2D eigenvalue weighted by atomic mass is 32.2. The summed E-state index contributed by atoms with van der Waals surface area (Å²) >= 11 is 0. The molecule has 6 atom stereocenters. The van der Waals surface area contributed by atoms with Crippen LogP contribution < -0.4 is 0 Å². The summed E-state index contributed by atoms with van der Waals surface area (Å²) in [5, 5.41) is 30.9. The number of esters is 2. The van der Waals surface area contributed by atoms with Crippen molar-refractivity contribution in [2.75, 3.05) is 19.0 Å². The standard InChI is InChI=1S/C46H80O12S/c1-3-5-7-9-11-13-15-17-19-21-22-24-26-28-30-32-34-41(47)55-36-39(37-56-46-45(51)44(50)43(49)40(58-46)38-59(52,53)54)57-42(48)35-33-31-29-27-25-23-20-18-16-14-12-10-8-6-4-2/h6,8,12,14,18,20,25,27,39-40,43-46,49-51H,3-5,7,9-11,13,15-17,19,21-24,26,28-38H2,1-2H3,(H,52,53,54)/b8-6+,14-12+,20-18+,27-25+/t39-,40-,43-,44?,45?,46+/m1/s1. The van der Waals surface area contributed by atoms with Crippen molar-refractivity contribution in [1.29, 1.82) is 0 Å². The molecule has 0 spiro atoms. The quantitative estimate of drug-likeness (QED) is 0.0201. The Balaban J connectivity index is 2.47. The number of aliphatic hydroxyl groups is 3. The predicted octanol–water partition coefficient (Wildman–Crippen LogP) is 9.17. The van der Waals surface area contributed by atoms with Gasteiger partial charge in [-0.2, -0.15) is 8.42 Å². The van der Waals surface area contributed by atoms with Crippen molar-refractivity contribution >= 4 is 22.1 Å². The largest absolute Gasteiger partial charge is 0.462 e. The van der Waals surface area contributed by atoms with E-state index in [9.17, 15) is 37.9 Å². The van der Waals surface area contributed by atoms with Gasteiger partial charge >= 0.3 is 11.9 Å². The van der Waals surface area contributed by atoms with Crippen molar-refractivity contribution in [3.63, 3.8) is 0 Å². The molecule has 0 aromatic heterocycles. The first-order valence-corrected chi connectivity index (χ1v) is 24.3. The number of carbonyl (C=O) groups is 2. The minimum atomic E-state index is -4.61. The van der Waals surface area contributed by atoms with E-state index in [4.69, 9.17) is 18.9 Å². The number of unbranched alkanes of at least 4 members (excludes halogenated alkanes) is 17. The van der Waals surface area contributed by atoms with E-state index in [1.165, 1.54) is 77.0 Å². The van der Waals surface area contributed by atoms with E-state index in [-0.39, 0.29) is 19.4 Å². The second kappa shape index (κ2) is 36.3. The van der Waals surface area contributed by atoms with E-state index in [1.54, 1.807) is 0 Å². The van der Waals surface area contributed by atoms with E-state index >= 15 is 0 Å². The van der Waals surface area contributed by atoms with Crippen LogP contribution in [-0.2, 0) is 38.7 Å². The molecule has 0 amide bonds. The van der Waals surface area contributed by atoms with Crippen LogP contribution in [0.4, 0.5) is 0 Å². The lowest BCUT2D eigenvalue weighted by molar-refractivity contribution is -0.297. The van der Waals surface area contributed by atoms with Gasteiger partial charge in [-0.25, -0.2) is 0 Å². The summed E-state index contributed by atoms with van der Waals surface area (Å²) in [4.78, 5) is 25.4. The molecule has 1 saturated heterocycles. The van der Waals surface area contributed by atoms with Gasteiger partial charge in [0.2, 0.25) is 0 Å². The summed E-state index contributed by atoms with van der Waals surface area (Å²) in [7, 11) is -4.61. The number of hydrogen-bond donors (Lipinski definition) is 4. The molecule has 0 aromatic rings. The molecule has 59 heavy (non-hydrogen) atoms. The van der Waals surface area contributed by atoms with Crippen LogP contribution in [0.5, 0.6) is 0 Å². The van der Waals surface area contributed by atoms with Gasteiger partial charge in [0.1, 0.15) is 36.8 Å². The topological polar surface area (TPSA) is 186 Å². The second-order valence-electron chi connectivity index (χ2n) is 15.7. The van der Waals surface area contributed by atoms with Gasteiger partial charge in [0.05, 0.1) is 6.61 Å². The van der Waals surface area contributed by atoms with Gasteiger partial charge < -0.3 is 34.3 Å². The molecule has 1 heterocycles. The van der Waals surface area contributed by atoms with Gasteiger partial charge in [0, 0.05) is 12.8 Å². The molecule has 0 saturated carbocycles. The van der Waals surface area contributed by atoms with Gasteiger partial charge in [-0.15, -0.1) is 0 Å². The van der Waals surface area contributed by atoms with Gasteiger partial charge in [-0.1, -0.05) is 159 Å². The zero-order valence-corrected chi connectivity index (χ0v) is 37.2. The van der Waals surface area contributed by atoms with E-state index in [0.29, 0.717) is 12.8 Å². The zero-order valence-electron chi connectivity index (χ0n) is 36.3. The highest BCUT2D eigenvalue weighted by molar-refractivity contribution is 7.85. The maximum atomic E-state index is 12.8. The maximum absolute atomic E-state index is 12.8. The van der Waals surface area contributed by atoms with E-state index < -0.39 is 71.2 Å². The summed E-state index contributed by atoms with van der Waals surface area (Å²) in [6.07, 6.45) is 33.0. The molecule has 2 unspecified atom stereocenters. The number of aliphatic hydroxyl groups excluding tert-OH is 3. The third kappa shape index (κ3) is 31.2. The fraction of sp³-hybridized carbons (Fsp3) is 0.783. The Morgan fingerprint density at radius 1 is 0.593 bits per heavy atom. The van der Waals surface area contributed by atoms with Crippen LogP contribution in [0.2, 0.25) is 0 Å². The Hall–Kier alpha value is -2.39. The predicted molar refractivity (Wildman–Crippen MR) is 233 cm³/mol. The van der Waals surface area contributed by atoms with Gasteiger partial charge in [0.15, 0.2) is 12.4 Å². The Labute approximate surface area is 356 Å². The van der Waals surface area contributed by atoms with Crippen LogP contribution in [0.25, 0.3) is 0 Å². The van der Waals surface area contributed by atoms with Gasteiger partial charge in [-0.3, -0.25) is 14.1 Å². The number of allylic oxidation sites excluding steroid dienone is 8. The Kier molecular flexibility index (Phi) is 33.6. The minimum Gasteiger partial charge on any atom is -0.462 e. The highest BCUT2D eigenvalue weighted by Gasteiger charge is 2.46. The third-order valence-electron chi connectivity index (χ3n) is 10.2. The molecule has 1 fully saturated rings. The van der Waals surface area contributed by atoms with Crippen LogP contribution in [0.1, 0.15) is 174 Å². The lowest BCUT2D eigenvalue weighted by atomic mass is 10.00. The lowest BCUT2D eigenvalue weighted by Crippen LogP contribution is -2.60.